The fraction of sp³-hybridized carbons (Fsp3) is 0.333. The Morgan fingerprint density at radius 3 is 2.10 bits per heavy atom. The highest BCUT2D eigenvalue weighted by Crippen LogP contribution is 2.28. The molecule has 1 aromatic carbocycles. The van der Waals surface area contributed by atoms with Gasteiger partial charge in [0.05, 0.1) is 17.0 Å². The van der Waals surface area contributed by atoms with Crippen LogP contribution in [0, 0.1) is 22.7 Å². The molecule has 1 aromatic rings. The molecule has 0 amide bonds. The van der Waals surface area contributed by atoms with Gasteiger partial charge < -0.3 is 0 Å². The first kappa shape index (κ1) is 17.1. The van der Waals surface area contributed by atoms with E-state index < -0.39 is 10.0 Å². The lowest BCUT2D eigenvalue weighted by Gasteiger charge is -2.20. The summed E-state index contributed by atoms with van der Waals surface area (Å²) in [4.78, 5) is 0.122. The Balaban J connectivity index is 3.15. The van der Waals surface area contributed by atoms with Crippen LogP contribution in [0.15, 0.2) is 32.0 Å². The molecule has 0 bridgehead atoms. The van der Waals surface area contributed by atoms with Gasteiger partial charge in [-0.1, -0.05) is 15.9 Å². The van der Waals surface area contributed by atoms with Crippen molar-refractivity contribution in [1.82, 2.24) is 4.31 Å². The first-order chi connectivity index (χ1) is 9.43. The van der Waals surface area contributed by atoms with Crippen LogP contribution in [0.25, 0.3) is 0 Å². The molecule has 0 radical (unpaired) electrons. The Bertz CT molecular complexity index is 644. The van der Waals surface area contributed by atoms with E-state index in [1.165, 1.54) is 6.07 Å². The molecule has 0 saturated heterocycles. The first-order valence-electron chi connectivity index (χ1n) is 5.62. The molecule has 20 heavy (non-hydrogen) atoms. The van der Waals surface area contributed by atoms with E-state index in [9.17, 15) is 8.42 Å². The van der Waals surface area contributed by atoms with Gasteiger partial charge in [-0.25, -0.2) is 8.42 Å². The fourth-order valence-electron chi connectivity index (χ4n) is 1.53. The van der Waals surface area contributed by atoms with Gasteiger partial charge in [0.1, 0.15) is 0 Å². The van der Waals surface area contributed by atoms with Gasteiger partial charge in [-0.3, -0.25) is 0 Å². The summed E-state index contributed by atoms with van der Waals surface area (Å²) in [7, 11) is -3.73. The highest BCUT2D eigenvalue weighted by Gasteiger charge is 2.26. The SMILES string of the molecule is N#CCCN(CCC#N)S(=O)(=O)c1ccc(Br)cc1Br. The van der Waals surface area contributed by atoms with E-state index >= 15 is 0 Å². The minimum atomic E-state index is -3.73. The molecule has 0 aromatic heterocycles. The van der Waals surface area contributed by atoms with Crippen LogP contribution in [0.5, 0.6) is 0 Å². The second-order valence-electron chi connectivity index (χ2n) is 3.80. The maximum Gasteiger partial charge on any atom is 0.244 e. The quantitative estimate of drug-likeness (QED) is 0.707. The third-order valence-electron chi connectivity index (χ3n) is 2.46. The van der Waals surface area contributed by atoms with Crippen molar-refractivity contribution in [2.24, 2.45) is 0 Å². The molecule has 5 nitrogen and oxygen atoms in total. The molecule has 0 fully saturated rings. The van der Waals surface area contributed by atoms with Gasteiger partial charge in [-0.05, 0) is 34.1 Å². The summed E-state index contributed by atoms with van der Waals surface area (Å²) in [5, 5.41) is 17.2. The van der Waals surface area contributed by atoms with Crippen molar-refractivity contribution < 1.29 is 8.42 Å². The molecule has 1 rings (SSSR count). The standard InChI is InChI=1S/C12H11Br2N3O2S/c13-10-3-4-12(11(14)9-10)20(18,19)17(7-1-5-15)8-2-6-16/h3-4,9H,1-2,7-8H2. The predicted molar refractivity (Wildman–Crippen MR) is 81.1 cm³/mol. The van der Waals surface area contributed by atoms with Gasteiger partial charge in [-0.2, -0.15) is 14.8 Å². The summed E-state index contributed by atoms with van der Waals surface area (Å²) in [5.41, 5.74) is 0. The highest BCUT2D eigenvalue weighted by molar-refractivity contribution is 9.11. The van der Waals surface area contributed by atoms with E-state index in [4.69, 9.17) is 10.5 Å². The minimum absolute atomic E-state index is 0.0724. The molecule has 0 aliphatic carbocycles. The Hall–Kier alpha value is -0.930. The average molecular weight is 421 g/mol. The van der Waals surface area contributed by atoms with Gasteiger partial charge in [-0.15, -0.1) is 0 Å². The van der Waals surface area contributed by atoms with Crippen LogP contribution in [0.2, 0.25) is 0 Å². The first-order valence-corrected chi connectivity index (χ1v) is 8.65. The Labute approximate surface area is 135 Å². The second-order valence-corrected chi connectivity index (χ2v) is 7.47. The largest absolute Gasteiger partial charge is 0.244 e. The molecule has 0 atom stereocenters. The van der Waals surface area contributed by atoms with E-state index in [-0.39, 0.29) is 30.8 Å². The van der Waals surface area contributed by atoms with Crippen molar-refractivity contribution in [3.05, 3.63) is 27.1 Å². The van der Waals surface area contributed by atoms with E-state index in [2.05, 4.69) is 31.9 Å². The number of rotatable bonds is 6. The Morgan fingerprint density at radius 1 is 1.10 bits per heavy atom. The van der Waals surface area contributed by atoms with Gasteiger partial charge in [0.2, 0.25) is 10.0 Å². The summed E-state index contributed by atoms with van der Waals surface area (Å²) in [6.07, 6.45) is 0.164. The Morgan fingerprint density at radius 2 is 1.65 bits per heavy atom. The fourth-order valence-corrected chi connectivity index (χ4v) is 4.67. The van der Waals surface area contributed by atoms with Crippen molar-refractivity contribution in [2.45, 2.75) is 17.7 Å². The third kappa shape index (κ3) is 4.29. The van der Waals surface area contributed by atoms with Gasteiger partial charge >= 0.3 is 0 Å². The molecule has 106 valence electrons. The summed E-state index contributed by atoms with van der Waals surface area (Å²) < 4.78 is 27.4. The summed E-state index contributed by atoms with van der Waals surface area (Å²) >= 11 is 6.48. The van der Waals surface area contributed by atoms with Crippen LogP contribution in [0.4, 0.5) is 0 Å². The third-order valence-corrected chi connectivity index (χ3v) is 5.83. The Kier molecular flexibility index (Phi) is 6.63. The van der Waals surface area contributed by atoms with Crippen LogP contribution in [0.1, 0.15) is 12.8 Å². The van der Waals surface area contributed by atoms with Crippen LogP contribution in [-0.4, -0.2) is 25.8 Å². The van der Waals surface area contributed by atoms with Gasteiger partial charge in [0.25, 0.3) is 0 Å². The molecule has 0 aliphatic heterocycles. The number of hydrogen-bond donors (Lipinski definition) is 0. The van der Waals surface area contributed by atoms with Crippen LogP contribution < -0.4 is 0 Å². The molecule has 8 heteroatoms. The van der Waals surface area contributed by atoms with E-state index in [0.717, 1.165) is 8.78 Å². The molecular weight excluding hydrogens is 410 g/mol. The lowest BCUT2D eigenvalue weighted by Crippen LogP contribution is -2.33. The van der Waals surface area contributed by atoms with Gasteiger partial charge in [0.15, 0.2) is 0 Å². The lowest BCUT2D eigenvalue weighted by molar-refractivity contribution is 0.424. The van der Waals surface area contributed by atoms with Gasteiger partial charge in [0, 0.05) is 34.9 Å². The zero-order valence-electron chi connectivity index (χ0n) is 10.4. The topological polar surface area (TPSA) is 85.0 Å². The molecule has 0 saturated carbocycles. The number of sulfonamides is 1. The molecule has 0 N–H and O–H groups in total. The average Bonchev–Trinajstić information content (AvgIpc) is 2.38. The zero-order chi connectivity index (χ0) is 15.2. The summed E-state index contributed by atoms with van der Waals surface area (Å²) in [6, 6.07) is 8.58. The maximum absolute atomic E-state index is 12.5. The van der Waals surface area contributed by atoms with Crippen LogP contribution in [0.3, 0.4) is 0 Å². The monoisotopic (exact) mass is 419 g/mol. The van der Waals surface area contributed by atoms with E-state index in [0.29, 0.717) is 4.47 Å². The van der Waals surface area contributed by atoms with Crippen molar-refractivity contribution in [3.63, 3.8) is 0 Å². The number of benzene rings is 1. The van der Waals surface area contributed by atoms with Crippen LogP contribution >= 0.6 is 31.9 Å². The molecule has 0 unspecified atom stereocenters. The zero-order valence-corrected chi connectivity index (χ0v) is 14.4. The second kappa shape index (κ2) is 7.75. The number of nitriles is 2. The molecular formula is C12H11Br2N3O2S. The molecule has 0 heterocycles. The smallest absolute Gasteiger partial charge is 0.207 e. The maximum atomic E-state index is 12.5. The van der Waals surface area contributed by atoms with Crippen molar-refractivity contribution in [1.29, 1.82) is 10.5 Å². The van der Waals surface area contributed by atoms with E-state index in [1.54, 1.807) is 12.1 Å². The summed E-state index contributed by atoms with van der Waals surface area (Å²) in [6.45, 7) is 0.145. The van der Waals surface area contributed by atoms with Crippen molar-refractivity contribution in [3.8, 4) is 12.1 Å². The normalized spacial score (nSPS) is 11.1. The number of hydrogen-bond acceptors (Lipinski definition) is 4. The molecule has 0 aliphatic rings. The number of halogens is 2. The van der Waals surface area contributed by atoms with Crippen molar-refractivity contribution >= 4 is 41.9 Å². The highest BCUT2D eigenvalue weighted by atomic mass is 79.9. The predicted octanol–water partition coefficient (Wildman–Crippen LogP) is 3.03. The minimum Gasteiger partial charge on any atom is -0.207 e. The summed E-state index contributed by atoms with van der Waals surface area (Å²) in [5.74, 6) is 0. The van der Waals surface area contributed by atoms with E-state index in [1.807, 2.05) is 12.1 Å². The number of nitrogens with zero attached hydrogens (tertiary/aromatic N) is 3. The van der Waals surface area contributed by atoms with Crippen LogP contribution in [-0.2, 0) is 10.0 Å². The van der Waals surface area contributed by atoms with Crippen molar-refractivity contribution in [2.75, 3.05) is 13.1 Å². The molecule has 0 spiro atoms. The lowest BCUT2D eigenvalue weighted by atomic mass is 10.4.